The van der Waals surface area contributed by atoms with Crippen molar-refractivity contribution < 1.29 is 0 Å². The van der Waals surface area contributed by atoms with Crippen molar-refractivity contribution in [2.75, 3.05) is 30.7 Å². The summed E-state index contributed by atoms with van der Waals surface area (Å²) in [6.45, 7) is 5.77. The van der Waals surface area contributed by atoms with E-state index in [9.17, 15) is 0 Å². The van der Waals surface area contributed by atoms with Gasteiger partial charge in [0.25, 0.3) is 0 Å². The summed E-state index contributed by atoms with van der Waals surface area (Å²) >= 11 is 3.47. The molecule has 0 saturated carbocycles. The molecule has 1 heterocycles. The smallest absolute Gasteiger partial charge is 0.0587 e. The van der Waals surface area contributed by atoms with Crippen LogP contribution in [0.3, 0.4) is 0 Å². The van der Waals surface area contributed by atoms with E-state index in [4.69, 9.17) is 5.73 Å². The quantitative estimate of drug-likeness (QED) is 0.840. The number of halogens is 1. The molecule has 1 aliphatic rings. The molecule has 1 fully saturated rings. The number of anilines is 2. The zero-order chi connectivity index (χ0) is 12.3. The third-order valence-electron chi connectivity index (χ3n) is 3.15. The van der Waals surface area contributed by atoms with Crippen molar-refractivity contribution in [2.45, 2.75) is 25.8 Å². The second-order valence-corrected chi connectivity index (χ2v) is 5.70. The number of hydrogen-bond acceptors (Lipinski definition) is 3. The van der Waals surface area contributed by atoms with E-state index in [1.165, 1.54) is 25.9 Å². The third kappa shape index (κ3) is 3.61. The Hall–Kier alpha value is -0.740. The normalized spacial score (nSPS) is 18.2. The first-order valence-electron chi connectivity index (χ1n) is 6.19. The Labute approximate surface area is 111 Å². The van der Waals surface area contributed by atoms with E-state index in [2.05, 4.69) is 33.1 Å². The van der Waals surface area contributed by atoms with Gasteiger partial charge in [-0.15, -0.1) is 0 Å². The van der Waals surface area contributed by atoms with Gasteiger partial charge in [0.2, 0.25) is 0 Å². The van der Waals surface area contributed by atoms with Gasteiger partial charge in [-0.1, -0.05) is 15.9 Å². The van der Waals surface area contributed by atoms with Crippen LogP contribution in [0.2, 0.25) is 0 Å². The van der Waals surface area contributed by atoms with Crippen molar-refractivity contribution in [3.63, 3.8) is 0 Å². The van der Waals surface area contributed by atoms with E-state index in [1.807, 2.05) is 18.2 Å². The molecule has 0 spiro atoms. The molecule has 0 radical (unpaired) electrons. The molecule has 0 aromatic heterocycles. The van der Waals surface area contributed by atoms with Crippen LogP contribution in [-0.4, -0.2) is 30.6 Å². The predicted octanol–water partition coefficient (Wildman–Crippen LogP) is 2.93. The van der Waals surface area contributed by atoms with Gasteiger partial charge in [-0.3, -0.25) is 0 Å². The Balaban J connectivity index is 1.92. The first kappa shape index (κ1) is 12.7. The molecular formula is C13H20BrN3. The molecule has 2 rings (SSSR count). The highest BCUT2D eigenvalue weighted by Crippen LogP contribution is 2.24. The lowest BCUT2D eigenvalue weighted by Gasteiger charge is -2.22. The number of benzene rings is 1. The van der Waals surface area contributed by atoms with Crippen LogP contribution in [0.15, 0.2) is 22.7 Å². The molecule has 0 amide bonds. The van der Waals surface area contributed by atoms with Crippen LogP contribution >= 0.6 is 15.9 Å². The summed E-state index contributed by atoms with van der Waals surface area (Å²) in [6.07, 6.45) is 2.68. The van der Waals surface area contributed by atoms with Crippen LogP contribution in [0.1, 0.15) is 19.8 Å². The van der Waals surface area contributed by atoms with Gasteiger partial charge < -0.3 is 16.0 Å². The molecule has 1 aromatic rings. The second-order valence-electron chi connectivity index (χ2n) is 4.78. The van der Waals surface area contributed by atoms with E-state index < -0.39 is 0 Å². The van der Waals surface area contributed by atoms with Gasteiger partial charge in [0.05, 0.1) is 11.4 Å². The minimum Gasteiger partial charge on any atom is -0.397 e. The zero-order valence-corrected chi connectivity index (χ0v) is 11.8. The average Bonchev–Trinajstić information content (AvgIpc) is 2.76. The minimum atomic E-state index is 0.421. The summed E-state index contributed by atoms with van der Waals surface area (Å²) in [7, 11) is 0. The van der Waals surface area contributed by atoms with Gasteiger partial charge in [0.1, 0.15) is 0 Å². The standard InChI is InChI=1S/C13H20BrN3/c1-10(9-17-6-2-3-7-17)16-13-8-11(14)4-5-12(13)15/h4-5,8,10,16H,2-3,6-7,9,15H2,1H3. The summed E-state index contributed by atoms with van der Waals surface area (Å²) in [5.74, 6) is 0. The molecule has 4 heteroatoms. The first-order valence-corrected chi connectivity index (χ1v) is 6.98. The number of hydrogen-bond donors (Lipinski definition) is 2. The molecular weight excluding hydrogens is 278 g/mol. The molecule has 1 aliphatic heterocycles. The Morgan fingerprint density at radius 3 is 2.82 bits per heavy atom. The Bertz CT molecular complexity index is 375. The van der Waals surface area contributed by atoms with Crippen molar-refractivity contribution in [3.8, 4) is 0 Å². The van der Waals surface area contributed by atoms with Gasteiger partial charge in [0, 0.05) is 17.1 Å². The summed E-state index contributed by atoms with van der Waals surface area (Å²) in [6, 6.07) is 6.35. The number of nitrogens with two attached hydrogens (primary N) is 1. The van der Waals surface area contributed by atoms with Crippen molar-refractivity contribution in [3.05, 3.63) is 22.7 Å². The van der Waals surface area contributed by atoms with Gasteiger partial charge >= 0.3 is 0 Å². The Kier molecular flexibility index (Phi) is 4.29. The van der Waals surface area contributed by atoms with Crippen molar-refractivity contribution >= 4 is 27.3 Å². The lowest BCUT2D eigenvalue weighted by molar-refractivity contribution is 0.328. The average molecular weight is 298 g/mol. The van der Waals surface area contributed by atoms with E-state index in [1.54, 1.807) is 0 Å². The molecule has 1 atom stereocenters. The molecule has 0 aliphatic carbocycles. The predicted molar refractivity (Wildman–Crippen MR) is 77.3 cm³/mol. The maximum Gasteiger partial charge on any atom is 0.0587 e. The summed E-state index contributed by atoms with van der Waals surface area (Å²) in [5.41, 5.74) is 7.78. The number of nitrogen functional groups attached to an aromatic ring is 1. The van der Waals surface area contributed by atoms with E-state index in [-0.39, 0.29) is 0 Å². The van der Waals surface area contributed by atoms with Crippen LogP contribution in [0.4, 0.5) is 11.4 Å². The Morgan fingerprint density at radius 1 is 1.41 bits per heavy atom. The van der Waals surface area contributed by atoms with Crippen LogP contribution < -0.4 is 11.1 Å². The number of nitrogens with one attached hydrogen (secondary N) is 1. The number of likely N-dealkylation sites (tertiary alicyclic amines) is 1. The zero-order valence-electron chi connectivity index (χ0n) is 10.2. The van der Waals surface area contributed by atoms with E-state index in [0.717, 1.165) is 22.4 Å². The molecule has 17 heavy (non-hydrogen) atoms. The Morgan fingerprint density at radius 2 is 2.12 bits per heavy atom. The lowest BCUT2D eigenvalue weighted by atomic mass is 10.2. The molecule has 3 nitrogen and oxygen atoms in total. The molecule has 3 N–H and O–H groups in total. The van der Waals surface area contributed by atoms with Gasteiger partial charge in [-0.05, 0) is 51.1 Å². The van der Waals surface area contributed by atoms with Crippen LogP contribution in [-0.2, 0) is 0 Å². The number of rotatable bonds is 4. The maximum absolute atomic E-state index is 5.95. The third-order valence-corrected chi connectivity index (χ3v) is 3.64. The molecule has 94 valence electrons. The van der Waals surface area contributed by atoms with Crippen molar-refractivity contribution in [2.24, 2.45) is 0 Å². The summed E-state index contributed by atoms with van der Waals surface area (Å²) < 4.78 is 1.06. The van der Waals surface area contributed by atoms with Gasteiger partial charge in [-0.25, -0.2) is 0 Å². The monoisotopic (exact) mass is 297 g/mol. The van der Waals surface area contributed by atoms with Crippen LogP contribution in [0.5, 0.6) is 0 Å². The fraction of sp³-hybridized carbons (Fsp3) is 0.538. The van der Waals surface area contributed by atoms with Crippen molar-refractivity contribution in [1.82, 2.24) is 4.90 Å². The second kappa shape index (κ2) is 5.74. The van der Waals surface area contributed by atoms with Gasteiger partial charge in [-0.2, -0.15) is 0 Å². The minimum absolute atomic E-state index is 0.421. The summed E-state index contributed by atoms with van der Waals surface area (Å²) in [4.78, 5) is 2.51. The maximum atomic E-state index is 5.95. The highest BCUT2D eigenvalue weighted by molar-refractivity contribution is 9.10. The molecule has 0 bridgehead atoms. The highest BCUT2D eigenvalue weighted by atomic mass is 79.9. The lowest BCUT2D eigenvalue weighted by Crippen LogP contribution is -2.33. The van der Waals surface area contributed by atoms with E-state index in [0.29, 0.717) is 6.04 Å². The largest absolute Gasteiger partial charge is 0.397 e. The van der Waals surface area contributed by atoms with Crippen LogP contribution in [0.25, 0.3) is 0 Å². The summed E-state index contributed by atoms with van der Waals surface area (Å²) in [5, 5.41) is 3.48. The topological polar surface area (TPSA) is 41.3 Å². The molecule has 1 aromatic carbocycles. The molecule has 1 saturated heterocycles. The van der Waals surface area contributed by atoms with E-state index >= 15 is 0 Å². The van der Waals surface area contributed by atoms with Gasteiger partial charge in [0.15, 0.2) is 0 Å². The molecule has 1 unspecified atom stereocenters. The van der Waals surface area contributed by atoms with Crippen LogP contribution in [0, 0.1) is 0 Å². The fourth-order valence-electron chi connectivity index (χ4n) is 2.32. The first-order chi connectivity index (χ1) is 8.15. The van der Waals surface area contributed by atoms with Crippen molar-refractivity contribution in [1.29, 1.82) is 0 Å². The highest BCUT2D eigenvalue weighted by Gasteiger charge is 2.14. The fourth-order valence-corrected chi connectivity index (χ4v) is 2.68. The SMILES string of the molecule is CC(CN1CCCC1)Nc1cc(Br)ccc1N. The number of nitrogens with zero attached hydrogens (tertiary/aromatic N) is 1.